The molecule has 1 aliphatic rings. The number of rotatable bonds is 7. The highest BCUT2D eigenvalue weighted by Gasteiger charge is 2.15. The van der Waals surface area contributed by atoms with Gasteiger partial charge in [-0.2, -0.15) is 0 Å². The van der Waals surface area contributed by atoms with Gasteiger partial charge in [0.2, 0.25) is 10.0 Å². The fourth-order valence-electron chi connectivity index (χ4n) is 2.72. The van der Waals surface area contributed by atoms with Gasteiger partial charge in [0, 0.05) is 32.7 Å². The predicted octanol–water partition coefficient (Wildman–Crippen LogP) is 2.30. The molecule has 0 saturated carbocycles. The molecule has 1 aliphatic heterocycles. The Morgan fingerprint density at radius 3 is 2.58 bits per heavy atom. The zero-order chi connectivity index (χ0) is 18.1. The SMILES string of the molecule is CCNC(=NCCCNS(C)(=O)=O)N1CC=C(c2ccccc2)CC1.I. The molecule has 146 valence electrons. The van der Waals surface area contributed by atoms with E-state index >= 15 is 0 Å². The van der Waals surface area contributed by atoms with Crippen molar-refractivity contribution in [1.82, 2.24) is 14.9 Å². The standard InChI is InChI=1S/C18H28N4O2S.HI/c1-3-19-18(20-12-7-13-21-25(2,23)24)22-14-10-17(11-15-22)16-8-5-4-6-9-16;/h4-6,8-10,21H,3,7,11-15H2,1-2H3,(H,19,20);1H. The maximum Gasteiger partial charge on any atom is 0.208 e. The summed E-state index contributed by atoms with van der Waals surface area (Å²) < 4.78 is 24.6. The fraction of sp³-hybridized carbons (Fsp3) is 0.500. The zero-order valence-electron chi connectivity index (χ0n) is 15.4. The number of sulfonamides is 1. The van der Waals surface area contributed by atoms with Gasteiger partial charge in [-0.05, 0) is 30.9 Å². The van der Waals surface area contributed by atoms with Crippen LogP contribution in [0, 0.1) is 0 Å². The second-order valence-corrected chi connectivity index (χ2v) is 7.88. The van der Waals surface area contributed by atoms with Crippen molar-refractivity contribution in [3.8, 4) is 0 Å². The molecule has 1 heterocycles. The molecule has 0 fully saturated rings. The lowest BCUT2D eigenvalue weighted by Gasteiger charge is -2.30. The normalized spacial score (nSPS) is 15.2. The third-order valence-electron chi connectivity index (χ3n) is 3.95. The second-order valence-electron chi connectivity index (χ2n) is 6.05. The third kappa shape index (κ3) is 8.05. The Balaban J connectivity index is 0.00000338. The Hall–Kier alpha value is -1.13. The first-order valence-electron chi connectivity index (χ1n) is 8.72. The van der Waals surface area contributed by atoms with E-state index in [1.54, 1.807) is 0 Å². The van der Waals surface area contributed by atoms with Gasteiger partial charge < -0.3 is 10.2 Å². The number of benzene rings is 1. The van der Waals surface area contributed by atoms with Crippen LogP contribution >= 0.6 is 24.0 Å². The van der Waals surface area contributed by atoms with Crippen molar-refractivity contribution in [1.29, 1.82) is 0 Å². The number of aliphatic imine (C=N–C) groups is 1. The minimum absolute atomic E-state index is 0. The van der Waals surface area contributed by atoms with E-state index in [4.69, 9.17) is 0 Å². The number of halogens is 1. The molecule has 0 radical (unpaired) electrons. The van der Waals surface area contributed by atoms with Crippen LogP contribution in [0.25, 0.3) is 5.57 Å². The lowest BCUT2D eigenvalue weighted by atomic mass is 10.00. The molecule has 2 rings (SSSR count). The van der Waals surface area contributed by atoms with Crippen LogP contribution in [0.15, 0.2) is 41.4 Å². The molecule has 2 N–H and O–H groups in total. The summed E-state index contributed by atoms with van der Waals surface area (Å²) in [5.41, 5.74) is 2.67. The van der Waals surface area contributed by atoms with E-state index < -0.39 is 10.0 Å². The molecule has 0 atom stereocenters. The average Bonchev–Trinajstić information content (AvgIpc) is 2.60. The molecule has 6 nitrogen and oxygen atoms in total. The summed E-state index contributed by atoms with van der Waals surface area (Å²) >= 11 is 0. The molecule has 0 saturated heterocycles. The highest BCUT2D eigenvalue weighted by Crippen LogP contribution is 2.21. The summed E-state index contributed by atoms with van der Waals surface area (Å²) in [6.45, 7) is 5.63. The van der Waals surface area contributed by atoms with Gasteiger partial charge >= 0.3 is 0 Å². The first-order chi connectivity index (χ1) is 12.0. The Labute approximate surface area is 174 Å². The highest BCUT2D eigenvalue weighted by molar-refractivity contribution is 14.0. The number of nitrogens with zero attached hydrogens (tertiary/aromatic N) is 2. The van der Waals surface area contributed by atoms with Crippen LogP contribution < -0.4 is 10.0 Å². The first-order valence-corrected chi connectivity index (χ1v) is 10.6. The smallest absolute Gasteiger partial charge is 0.208 e. The molecule has 0 aliphatic carbocycles. The van der Waals surface area contributed by atoms with E-state index in [1.165, 1.54) is 17.4 Å². The highest BCUT2D eigenvalue weighted by atomic mass is 127. The molecule has 26 heavy (non-hydrogen) atoms. The van der Waals surface area contributed by atoms with Gasteiger partial charge in [-0.25, -0.2) is 13.1 Å². The minimum atomic E-state index is -3.12. The van der Waals surface area contributed by atoms with Crippen molar-refractivity contribution in [2.24, 2.45) is 4.99 Å². The van der Waals surface area contributed by atoms with Crippen LogP contribution in [0.1, 0.15) is 25.3 Å². The summed E-state index contributed by atoms with van der Waals surface area (Å²) in [4.78, 5) is 6.86. The maximum absolute atomic E-state index is 11.1. The van der Waals surface area contributed by atoms with Crippen LogP contribution in [0.4, 0.5) is 0 Å². The van der Waals surface area contributed by atoms with E-state index in [2.05, 4.69) is 57.2 Å². The molecule has 0 unspecified atom stereocenters. The first kappa shape index (κ1) is 22.9. The van der Waals surface area contributed by atoms with Crippen LogP contribution in [-0.2, 0) is 10.0 Å². The molecular formula is C18H29IN4O2S. The summed E-state index contributed by atoms with van der Waals surface area (Å²) in [6.07, 6.45) is 5.10. The minimum Gasteiger partial charge on any atom is -0.357 e. The Kier molecular flexibility index (Phi) is 10.2. The summed E-state index contributed by atoms with van der Waals surface area (Å²) in [5, 5.41) is 3.32. The topological polar surface area (TPSA) is 73.8 Å². The van der Waals surface area contributed by atoms with Crippen molar-refractivity contribution in [3.05, 3.63) is 42.0 Å². The molecule has 0 spiro atoms. The second kappa shape index (κ2) is 11.6. The van der Waals surface area contributed by atoms with Gasteiger partial charge in [0.15, 0.2) is 5.96 Å². The average molecular weight is 492 g/mol. The molecule has 8 heteroatoms. The number of nitrogens with one attached hydrogen (secondary N) is 2. The van der Waals surface area contributed by atoms with Gasteiger partial charge in [-0.3, -0.25) is 4.99 Å². The largest absolute Gasteiger partial charge is 0.357 e. The van der Waals surface area contributed by atoms with E-state index in [9.17, 15) is 8.42 Å². The Bertz CT molecular complexity index is 705. The lowest BCUT2D eigenvalue weighted by Crippen LogP contribution is -2.43. The van der Waals surface area contributed by atoms with Crippen molar-refractivity contribution >= 4 is 45.5 Å². The predicted molar refractivity (Wildman–Crippen MR) is 119 cm³/mol. The summed E-state index contributed by atoms with van der Waals surface area (Å²) in [6, 6.07) is 10.5. The fourth-order valence-corrected chi connectivity index (χ4v) is 3.24. The number of hydrogen-bond donors (Lipinski definition) is 2. The van der Waals surface area contributed by atoms with Gasteiger partial charge in [0.1, 0.15) is 0 Å². The van der Waals surface area contributed by atoms with Crippen molar-refractivity contribution in [2.45, 2.75) is 19.8 Å². The van der Waals surface area contributed by atoms with Crippen LogP contribution in [0.5, 0.6) is 0 Å². The van der Waals surface area contributed by atoms with Gasteiger partial charge in [0.25, 0.3) is 0 Å². The monoisotopic (exact) mass is 492 g/mol. The summed E-state index contributed by atoms with van der Waals surface area (Å²) in [7, 11) is -3.12. The molecule has 1 aromatic carbocycles. The number of guanidine groups is 1. The maximum atomic E-state index is 11.1. The zero-order valence-corrected chi connectivity index (χ0v) is 18.6. The van der Waals surface area contributed by atoms with E-state index in [1.807, 2.05) is 6.07 Å². The molecule has 0 aromatic heterocycles. The van der Waals surface area contributed by atoms with Crippen molar-refractivity contribution in [2.75, 3.05) is 39.0 Å². The Morgan fingerprint density at radius 1 is 1.27 bits per heavy atom. The van der Waals surface area contributed by atoms with Crippen LogP contribution in [0.2, 0.25) is 0 Å². The number of hydrogen-bond acceptors (Lipinski definition) is 3. The van der Waals surface area contributed by atoms with Crippen molar-refractivity contribution < 1.29 is 8.42 Å². The van der Waals surface area contributed by atoms with Gasteiger partial charge in [-0.15, -0.1) is 24.0 Å². The lowest BCUT2D eigenvalue weighted by molar-refractivity contribution is 0.440. The quantitative estimate of drug-likeness (QED) is 0.265. The Morgan fingerprint density at radius 2 is 2.00 bits per heavy atom. The molecule has 1 aromatic rings. The molecule has 0 bridgehead atoms. The summed E-state index contributed by atoms with van der Waals surface area (Å²) in [5.74, 6) is 0.894. The van der Waals surface area contributed by atoms with E-state index in [0.717, 1.165) is 32.0 Å². The van der Waals surface area contributed by atoms with Gasteiger partial charge in [-0.1, -0.05) is 36.4 Å². The van der Waals surface area contributed by atoms with Crippen LogP contribution in [-0.4, -0.2) is 58.3 Å². The van der Waals surface area contributed by atoms with Crippen molar-refractivity contribution in [3.63, 3.8) is 0 Å². The molecular weight excluding hydrogens is 463 g/mol. The van der Waals surface area contributed by atoms with E-state index in [-0.39, 0.29) is 24.0 Å². The third-order valence-corrected chi connectivity index (χ3v) is 4.68. The van der Waals surface area contributed by atoms with Crippen LogP contribution in [0.3, 0.4) is 0 Å². The van der Waals surface area contributed by atoms with Gasteiger partial charge in [0.05, 0.1) is 6.26 Å². The molecule has 0 amide bonds. The van der Waals surface area contributed by atoms with E-state index in [0.29, 0.717) is 19.5 Å².